The lowest BCUT2D eigenvalue weighted by molar-refractivity contribution is -0.223. The van der Waals surface area contributed by atoms with Gasteiger partial charge in [-0.25, -0.2) is 0 Å². The number of nitrogens with zero attached hydrogens (tertiary/aromatic N) is 2. The molecule has 0 aliphatic heterocycles. The van der Waals surface area contributed by atoms with Gasteiger partial charge >= 0.3 is 6.18 Å². The van der Waals surface area contributed by atoms with Crippen LogP contribution in [0.3, 0.4) is 0 Å². The van der Waals surface area contributed by atoms with Gasteiger partial charge in [0.2, 0.25) is 5.91 Å². The van der Waals surface area contributed by atoms with Crippen molar-refractivity contribution in [3.63, 3.8) is 0 Å². The van der Waals surface area contributed by atoms with Gasteiger partial charge in [-0.05, 0) is 12.5 Å². The van der Waals surface area contributed by atoms with Gasteiger partial charge < -0.3 is 10.1 Å². The molecule has 0 saturated carbocycles. The molecule has 2 rings (SSSR count). The lowest BCUT2D eigenvalue weighted by Crippen LogP contribution is -2.32. The van der Waals surface area contributed by atoms with E-state index >= 15 is 0 Å². The van der Waals surface area contributed by atoms with Crippen LogP contribution >= 0.6 is 11.3 Å². The van der Waals surface area contributed by atoms with Gasteiger partial charge in [0, 0.05) is 13.0 Å². The summed E-state index contributed by atoms with van der Waals surface area (Å²) < 4.78 is 44.0. The quantitative estimate of drug-likeness (QED) is 0.826. The van der Waals surface area contributed by atoms with E-state index in [1.807, 2.05) is 6.92 Å². The lowest BCUT2D eigenvalue weighted by Gasteiger charge is -2.21. The molecule has 1 aromatic carbocycles. The van der Waals surface area contributed by atoms with Gasteiger partial charge in [-0.2, -0.15) is 13.2 Å². The number of alkyl halides is 3. The van der Waals surface area contributed by atoms with Crippen molar-refractivity contribution in [2.45, 2.75) is 25.6 Å². The molecule has 0 aliphatic rings. The number of ether oxygens (including phenoxy) is 1. The normalized spacial score (nSPS) is 12.8. The number of halogens is 3. The van der Waals surface area contributed by atoms with Gasteiger partial charge in [-0.3, -0.25) is 4.79 Å². The minimum absolute atomic E-state index is 0.0397. The molecule has 1 aromatic heterocycles. The molecule has 130 valence electrons. The van der Waals surface area contributed by atoms with Crippen LogP contribution in [0.25, 0.3) is 0 Å². The number of aryl methyl sites for hydroxylation is 1. The molecule has 0 bridgehead atoms. The van der Waals surface area contributed by atoms with E-state index in [1.165, 1.54) is 35.6 Å². The Morgan fingerprint density at radius 1 is 1.29 bits per heavy atom. The first-order valence-corrected chi connectivity index (χ1v) is 7.97. The molecule has 0 spiro atoms. The second kappa shape index (κ2) is 8.20. The standard InChI is InChI=1S/C15H16F3N3O2S/c1-10-20-21-13(24-10)7-8-19-12(22)9-23-14(15(16,17)18)11-5-3-2-4-6-11/h2-6,14H,7-9H2,1H3,(H,19,22)/t14-/m1/s1. The Morgan fingerprint density at radius 2 is 2.00 bits per heavy atom. The number of carbonyl (C=O) groups excluding carboxylic acids is 1. The van der Waals surface area contributed by atoms with Crippen LogP contribution in [0.15, 0.2) is 30.3 Å². The highest BCUT2D eigenvalue weighted by Crippen LogP contribution is 2.35. The molecule has 0 radical (unpaired) electrons. The van der Waals surface area contributed by atoms with E-state index in [9.17, 15) is 18.0 Å². The molecule has 0 unspecified atom stereocenters. The summed E-state index contributed by atoms with van der Waals surface area (Å²) in [7, 11) is 0. The molecule has 0 aliphatic carbocycles. The van der Waals surface area contributed by atoms with Crippen LogP contribution in [-0.4, -0.2) is 35.4 Å². The molecule has 9 heteroatoms. The highest BCUT2D eigenvalue weighted by molar-refractivity contribution is 7.11. The lowest BCUT2D eigenvalue weighted by atomic mass is 10.1. The SMILES string of the molecule is Cc1nnc(CCNC(=O)CO[C@H](c2ccccc2)C(F)(F)F)s1. The van der Waals surface area contributed by atoms with Gasteiger partial charge in [0.1, 0.15) is 16.6 Å². The third-order valence-electron chi connectivity index (χ3n) is 3.01. The van der Waals surface area contributed by atoms with E-state index in [4.69, 9.17) is 4.74 Å². The topological polar surface area (TPSA) is 64.1 Å². The fraction of sp³-hybridized carbons (Fsp3) is 0.400. The van der Waals surface area contributed by atoms with Crippen LogP contribution in [0.2, 0.25) is 0 Å². The average molecular weight is 359 g/mol. The zero-order chi connectivity index (χ0) is 17.6. The number of hydrogen-bond acceptors (Lipinski definition) is 5. The molecule has 0 saturated heterocycles. The first-order chi connectivity index (χ1) is 11.4. The molecule has 1 atom stereocenters. The Kier molecular flexibility index (Phi) is 6.27. The smallest absolute Gasteiger partial charge is 0.354 e. The first-order valence-electron chi connectivity index (χ1n) is 7.15. The molecule has 1 heterocycles. The van der Waals surface area contributed by atoms with Gasteiger partial charge in [-0.15, -0.1) is 21.5 Å². The number of amides is 1. The summed E-state index contributed by atoms with van der Waals surface area (Å²) in [6.07, 6.45) is -6.25. The Morgan fingerprint density at radius 3 is 2.58 bits per heavy atom. The Labute approximate surface area is 140 Å². The fourth-order valence-corrected chi connectivity index (χ4v) is 2.67. The summed E-state index contributed by atoms with van der Waals surface area (Å²) in [5.74, 6) is -0.610. The van der Waals surface area contributed by atoms with Crippen molar-refractivity contribution in [3.8, 4) is 0 Å². The summed E-state index contributed by atoms with van der Waals surface area (Å²) in [4.78, 5) is 11.7. The highest BCUT2D eigenvalue weighted by atomic mass is 32.1. The van der Waals surface area contributed by atoms with Crippen molar-refractivity contribution in [2.24, 2.45) is 0 Å². The molecular weight excluding hydrogens is 343 g/mol. The van der Waals surface area contributed by atoms with Crippen molar-refractivity contribution in [1.82, 2.24) is 15.5 Å². The third-order valence-corrected chi connectivity index (χ3v) is 3.91. The molecule has 2 aromatic rings. The van der Waals surface area contributed by atoms with Gasteiger partial charge in [0.15, 0.2) is 6.10 Å². The van der Waals surface area contributed by atoms with Crippen LogP contribution in [0.4, 0.5) is 13.2 Å². The van der Waals surface area contributed by atoms with Crippen LogP contribution in [0.1, 0.15) is 21.7 Å². The Balaban J connectivity index is 1.82. The third kappa shape index (κ3) is 5.57. The minimum atomic E-state index is -4.59. The molecule has 5 nitrogen and oxygen atoms in total. The maximum atomic E-state index is 13.1. The van der Waals surface area contributed by atoms with Gasteiger partial charge in [-0.1, -0.05) is 30.3 Å². The van der Waals surface area contributed by atoms with Crippen molar-refractivity contribution in [2.75, 3.05) is 13.2 Å². The summed E-state index contributed by atoms with van der Waals surface area (Å²) in [5, 5.41) is 11.8. The number of nitrogens with one attached hydrogen (secondary N) is 1. The maximum Gasteiger partial charge on any atom is 0.418 e. The monoisotopic (exact) mass is 359 g/mol. The predicted octanol–water partition coefficient (Wildman–Crippen LogP) is 2.83. The van der Waals surface area contributed by atoms with Gasteiger partial charge in [0.25, 0.3) is 0 Å². The largest absolute Gasteiger partial charge is 0.418 e. The summed E-state index contributed by atoms with van der Waals surface area (Å²) in [6, 6.07) is 7.21. The van der Waals surface area contributed by atoms with Crippen LogP contribution in [0.5, 0.6) is 0 Å². The van der Waals surface area contributed by atoms with E-state index < -0.39 is 24.8 Å². The molecular formula is C15H16F3N3O2S. The van der Waals surface area contributed by atoms with E-state index in [1.54, 1.807) is 6.07 Å². The summed E-state index contributed by atoms with van der Waals surface area (Å²) in [6.45, 7) is 1.40. The van der Waals surface area contributed by atoms with Crippen LogP contribution in [0, 0.1) is 6.92 Å². The first kappa shape index (κ1) is 18.3. The molecule has 1 amide bonds. The van der Waals surface area contributed by atoms with Crippen molar-refractivity contribution >= 4 is 17.2 Å². The number of carbonyl (C=O) groups is 1. The van der Waals surface area contributed by atoms with Crippen LogP contribution < -0.4 is 5.32 Å². The molecule has 1 N–H and O–H groups in total. The second-order valence-corrected chi connectivity index (χ2v) is 6.22. The van der Waals surface area contributed by atoms with Gasteiger partial charge in [0.05, 0.1) is 0 Å². The average Bonchev–Trinajstić information content (AvgIpc) is 2.93. The van der Waals surface area contributed by atoms with E-state index in [2.05, 4.69) is 15.5 Å². The fourth-order valence-electron chi connectivity index (χ4n) is 1.96. The zero-order valence-electron chi connectivity index (χ0n) is 12.8. The van der Waals surface area contributed by atoms with Crippen molar-refractivity contribution in [1.29, 1.82) is 0 Å². The highest BCUT2D eigenvalue weighted by Gasteiger charge is 2.42. The summed E-state index contributed by atoms with van der Waals surface area (Å²) >= 11 is 1.40. The van der Waals surface area contributed by atoms with Crippen molar-refractivity contribution < 1.29 is 22.7 Å². The number of benzene rings is 1. The molecule has 0 fully saturated rings. The second-order valence-electron chi connectivity index (χ2n) is 4.96. The van der Waals surface area contributed by atoms with E-state index in [0.29, 0.717) is 6.42 Å². The Hall–Kier alpha value is -2.00. The minimum Gasteiger partial charge on any atom is -0.354 e. The number of aromatic nitrogens is 2. The maximum absolute atomic E-state index is 13.1. The molecule has 24 heavy (non-hydrogen) atoms. The van der Waals surface area contributed by atoms with E-state index in [-0.39, 0.29) is 12.1 Å². The number of rotatable bonds is 7. The zero-order valence-corrected chi connectivity index (χ0v) is 13.7. The number of hydrogen-bond donors (Lipinski definition) is 1. The Bertz CT molecular complexity index is 661. The summed E-state index contributed by atoms with van der Waals surface area (Å²) in [5.41, 5.74) is -0.0397. The van der Waals surface area contributed by atoms with Crippen LogP contribution in [-0.2, 0) is 16.0 Å². The predicted molar refractivity (Wildman–Crippen MR) is 82.5 cm³/mol. The van der Waals surface area contributed by atoms with E-state index in [0.717, 1.165) is 10.0 Å². The van der Waals surface area contributed by atoms with Crippen molar-refractivity contribution in [3.05, 3.63) is 45.9 Å².